The Bertz CT molecular complexity index is 847. The maximum absolute atomic E-state index is 5.58. The van der Waals surface area contributed by atoms with Crippen molar-refractivity contribution in [2.75, 3.05) is 0 Å². The second kappa shape index (κ2) is 2.98. The fourth-order valence-corrected chi connectivity index (χ4v) is 1.94. The molecule has 4 aromatic rings. The van der Waals surface area contributed by atoms with Crippen LogP contribution < -0.4 is 0 Å². The van der Waals surface area contributed by atoms with Gasteiger partial charge in [-0.1, -0.05) is 0 Å². The molecule has 0 aliphatic rings. The number of fused-ring (bicyclic) bond motifs is 4. The van der Waals surface area contributed by atoms with Crippen LogP contribution in [0.1, 0.15) is 0 Å². The fraction of sp³-hybridized carbons (Fsp3) is 0. The number of nitrogens with zero attached hydrogens (tertiary/aromatic N) is 4. The summed E-state index contributed by atoms with van der Waals surface area (Å²) in [6.07, 6.45) is 4.88. The normalized spacial score (nSPS) is 11.5. The minimum atomic E-state index is 0.570. The van der Waals surface area contributed by atoms with Crippen LogP contribution >= 0.6 is 0 Å². The average Bonchev–Trinajstić information content (AvgIpc) is 2.73. The molecule has 0 N–H and O–H groups in total. The zero-order chi connectivity index (χ0) is 11.2. The fourth-order valence-electron chi connectivity index (χ4n) is 1.94. The average molecular weight is 222 g/mol. The van der Waals surface area contributed by atoms with Gasteiger partial charge in [0.05, 0.1) is 17.1 Å². The molecule has 0 saturated heterocycles. The molecule has 5 nitrogen and oxygen atoms in total. The molecule has 0 radical (unpaired) electrons. The lowest BCUT2D eigenvalue weighted by atomic mass is 10.2. The molecule has 0 fully saturated rings. The lowest BCUT2D eigenvalue weighted by molar-refractivity contribution is 0.642. The van der Waals surface area contributed by atoms with Crippen molar-refractivity contribution in [3.8, 4) is 0 Å². The monoisotopic (exact) mass is 222 g/mol. The van der Waals surface area contributed by atoms with Crippen LogP contribution in [0.4, 0.5) is 0 Å². The van der Waals surface area contributed by atoms with Crippen LogP contribution in [-0.4, -0.2) is 19.9 Å². The summed E-state index contributed by atoms with van der Waals surface area (Å²) in [5.41, 5.74) is 2.69. The van der Waals surface area contributed by atoms with Crippen LogP contribution in [0.2, 0.25) is 0 Å². The molecule has 4 rings (SSSR count). The third-order valence-corrected chi connectivity index (χ3v) is 2.71. The van der Waals surface area contributed by atoms with Crippen molar-refractivity contribution in [3.63, 3.8) is 0 Å². The number of furan rings is 1. The molecule has 0 aromatic carbocycles. The van der Waals surface area contributed by atoms with E-state index >= 15 is 0 Å². The first-order chi connectivity index (χ1) is 8.42. The van der Waals surface area contributed by atoms with Gasteiger partial charge in [-0.3, -0.25) is 0 Å². The molecule has 0 amide bonds. The Balaban J connectivity index is 2.28. The van der Waals surface area contributed by atoms with Crippen LogP contribution in [0.25, 0.3) is 33.2 Å². The van der Waals surface area contributed by atoms with E-state index in [9.17, 15) is 0 Å². The second-order valence-corrected chi connectivity index (χ2v) is 3.73. The molecule has 5 heteroatoms. The van der Waals surface area contributed by atoms with Crippen molar-refractivity contribution in [1.82, 2.24) is 19.9 Å². The van der Waals surface area contributed by atoms with E-state index in [1.807, 2.05) is 18.2 Å². The standard InChI is InChI=1S/C12H6N4O/c1-2-7-8-4-9-10(5-13-6-15-9)16-12(8)17-11(7)14-3-1/h1-6H. The topological polar surface area (TPSA) is 64.7 Å². The number of rotatable bonds is 0. The van der Waals surface area contributed by atoms with Gasteiger partial charge < -0.3 is 4.42 Å². The lowest BCUT2D eigenvalue weighted by Crippen LogP contribution is -1.84. The molecule has 0 bridgehead atoms. The molecule has 0 unspecified atom stereocenters. The highest BCUT2D eigenvalue weighted by molar-refractivity contribution is 6.05. The first kappa shape index (κ1) is 8.58. The summed E-state index contributed by atoms with van der Waals surface area (Å²) in [5.74, 6) is 0. The summed E-state index contributed by atoms with van der Waals surface area (Å²) < 4.78 is 5.58. The lowest BCUT2D eigenvalue weighted by Gasteiger charge is -1.93. The second-order valence-electron chi connectivity index (χ2n) is 3.73. The van der Waals surface area contributed by atoms with Crippen LogP contribution in [0, 0.1) is 0 Å². The highest BCUT2D eigenvalue weighted by atomic mass is 16.3. The van der Waals surface area contributed by atoms with E-state index in [2.05, 4.69) is 19.9 Å². The SMILES string of the molecule is c1cnc2oc3nc4cncnc4cc3c2c1. The van der Waals surface area contributed by atoms with E-state index in [1.165, 1.54) is 6.33 Å². The van der Waals surface area contributed by atoms with Gasteiger partial charge in [0.15, 0.2) is 0 Å². The van der Waals surface area contributed by atoms with Gasteiger partial charge in [0.25, 0.3) is 0 Å². The Labute approximate surface area is 95.1 Å². The summed E-state index contributed by atoms with van der Waals surface area (Å²) in [5, 5.41) is 1.88. The molecule has 4 aromatic heterocycles. The Morgan fingerprint density at radius 1 is 1.00 bits per heavy atom. The van der Waals surface area contributed by atoms with Gasteiger partial charge in [0, 0.05) is 11.6 Å². The maximum atomic E-state index is 5.58. The Morgan fingerprint density at radius 3 is 3.00 bits per heavy atom. The van der Waals surface area contributed by atoms with Crippen LogP contribution in [0.15, 0.2) is 41.3 Å². The van der Waals surface area contributed by atoms with Gasteiger partial charge in [-0.05, 0) is 18.2 Å². The summed E-state index contributed by atoms with van der Waals surface area (Å²) in [7, 11) is 0. The minimum Gasteiger partial charge on any atom is -0.419 e. The third kappa shape index (κ3) is 1.13. The highest BCUT2D eigenvalue weighted by Gasteiger charge is 2.10. The molecular formula is C12H6N4O. The number of aromatic nitrogens is 4. The van der Waals surface area contributed by atoms with E-state index in [-0.39, 0.29) is 0 Å². The highest BCUT2D eigenvalue weighted by Crippen LogP contribution is 2.27. The first-order valence-corrected chi connectivity index (χ1v) is 5.16. The van der Waals surface area contributed by atoms with E-state index in [4.69, 9.17) is 4.42 Å². The van der Waals surface area contributed by atoms with Crippen molar-refractivity contribution in [3.05, 3.63) is 36.9 Å². The molecule has 0 spiro atoms. The van der Waals surface area contributed by atoms with Crippen molar-refractivity contribution in [2.45, 2.75) is 0 Å². The number of hydrogen-bond donors (Lipinski definition) is 0. The summed E-state index contributed by atoms with van der Waals surface area (Å²) in [4.78, 5) is 16.7. The molecule has 80 valence electrons. The van der Waals surface area contributed by atoms with Gasteiger partial charge in [-0.25, -0.2) is 19.9 Å². The molecule has 0 aliphatic heterocycles. The maximum Gasteiger partial charge on any atom is 0.230 e. The molecule has 0 saturated carbocycles. The first-order valence-electron chi connectivity index (χ1n) is 5.16. The van der Waals surface area contributed by atoms with Crippen LogP contribution in [0.3, 0.4) is 0 Å². The van der Waals surface area contributed by atoms with Crippen molar-refractivity contribution in [2.24, 2.45) is 0 Å². The summed E-state index contributed by atoms with van der Waals surface area (Å²) >= 11 is 0. The number of pyridine rings is 2. The van der Waals surface area contributed by atoms with Crippen molar-refractivity contribution in [1.29, 1.82) is 0 Å². The smallest absolute Gasteiger partial charge is 0.230 e. The van der Waals surface area contributed by atoms with Crippen LogP contribution in [-0.2, 0) is 0 Å². The predicted octanol–water partition coefficient (Wildman–Crippen LogP) is 2.32. The molecular weight excluding hydrogens is 216 g/mol. The molecule has 0 aliphatic carbocycles. The molecule has 0 atom stereocenters. The van der Waals surface area contributed by atoms with Gasteiger partial charge in [-0.15, -0.1) is 0 Å². The largest absolute Gasteiger partial charge is 0.419 e. The van der Waals surface area contributed by atoms with Gasteiger partial charge in [0.1, 0.15) is 11.8 Å². The third-order valence-electron chi connectivity index (χ3n) is 2.71. The number of hydrogen-bond acceptors (Lipinski definition) is 5. The van der Waals surface area contributed by atoms with E-state index < -0.39 is 0 Å². The minimum absolute atomic E-state index is 0.570. The van der Waals surface area contributed by atoms with Crippen molar-refractivity contribution < 1.29 is 4.42 Å². The Kier molecular flexibility index (Phi) is 1.50. The zero-order valence-corrected chi connectivity index (χ0v) is 8.66. The van der Waals surface area contributed by atoms with E-state index in [0.29, 0.717) is 11.4 Å². The summed E-state index contributed by atoms with van der Waals surface area (Å²) in [6.45, 7) is 0. The van der Waals surface area contributed by atoms with Gasteiger partial charge in [0.2, 0.25) is 11.4 Å². The summed E-state index contributed by atoms with van der Waals surface area (Å²) in [6, 6.07) is 5.79. The Hall–Kier alpha value is -2.56. The van der Waals surface area contributed by atoms with Crippen molar-refractivity contribution >= 4 is 33.2 Å². The van der Waals surface area contributed by atoms with Gasteiger partial charge >= 0.3 is 0 Å². The van der Waals surface area contributed by atoms with Gasteiger partial charge in [-0.2, -0.15) is 0 Å². The van der Waals surface area contributed by atoms with Crippen LogP contribution in [0.5, 0.6) is 0 Å². The van der Waals surface area contributed by atoms with E-state index in [0.717, 1.165) is 21.8 Å². The predicted molar refractivity (Wildman–Crippen MR) is 62.4 cm³/mol. The quantitative estimate of drug-likeness (QED) is 0.456. The molecule has 17 heavy (non-hydrogen) atoms. The molecule has 4 heterocycles. The zero-order valence-electron chi connectivity index (χ0n) is 8.66. The van der Waals surface area contributed by atoms with E-state index in [1.54, 1.807) is 12.4 Å². The Morgan fingerprint density at radius 2 is 2.00 bits per heavy atom.